The van der Waals surface area contributed by atoms with Crippen molar-refractivity contribution in [2.75, 3.05) is 39.3 Å². The van der Waals surface area contributed by atoms with Gasteiger partial charge in [-0.2, -0.15) is 0 Å². The van der Waals surface area contributed by atoms with Crippen LogP contribution in [-0.2, 0) is 0 Å². The monoisotopic (exact) mass is 267 g/mol. The van der Waals surface area contributed by atoms with Gasteiger partial charge in [0.15, 0.2) is 0 Å². The molecule has 0 spiro atoms. The van der Waals surface area contributed by atoms with Gasteiger partial charge in [-0.15, -0.1) is 0 Å². The van der Waals surface area contributed by atoms with Crippen LogP contribution < -0.4 is 5.73 Å². The third-order valence-electron chi connectivity index (χ3n) is 5.29. The standard InChI is InChI=1S/C16H33N3/c1-14(17)16(2,3)13-19-10-6-15(7-11-19)12-18-8-4-5-9-18/h14-15H,4-13,17H2,1-3H3. The fourth-order valence-corrected chi connectivity index (χ4v) is 3.38. The number of hydrogen-bond donors (Lipinski definition) is 1. The van der Waals surface area contributed by atoms with Crippen LogP contribution in [0.1, 0.15) is 46.5 Å². The van der Waals surface area contributed by atoms with Crippen LogP contribution in [0.4, 0.5) is 0 Å². The molecule has 2 heterocycles. The molecule has 0 bridgehead atoms. The molecular weight excluding hydrogens is 234 g/mol. The first-order chi connectivity index (χ1) is 8.97. The van der Waals surface area contributed by atoms with Crippen molar-refractivity contribution >= 4 is 0 Å². The van der Waals surface area contributed by atoms with Gasteiger partial charge >= 0.3 is 0 Å². The van der Waals surface area contributed by atoms with E-state index in [1.165, 1.54) is 58.4 Å². The van der Waals surface area contributed by atoms with E-state index in [4.69, 9.17) is 5.73 Å². The Kier molecular flexibility index (Phi) is 5.27. The van der Waals surface area contributed by atoms with Gasteiger partial charge in [0.2, 0.25) is 0 Å². The van der Waals surface area contributed by atoms with Gasteiger partial charge in [-0.25, -0.2) is 0 Å². The first-order valence-corrected chi connectivity index (χ1v) is 8.18. The highest BCUT2D eigenvalue weighted by molar-refractivity contribution is 4.84. The van der Waals surface area contributed by atoms with Crippen molar-refractivity contribution in [3.05, 3.63) is 0 Å². The zero-order valence-corrected chi connectivity index (χ0v) is 13.2. The first kappa shape index (κ1) is 15.3. The van der Waals surface area contributed by atoms with E-state index in [0.29, 0.717) is 0 Å². The molecule has 0 saturated carbocycles. The minimum absolute atomic E-state index is 0.238. The zero-order chi connectivity index (χ0) is 13.9. The summed E-state index contributed by atoms with van der Waals surface area (Å²) in [5.41, 5.74) is 6.33. The Hall–Kier alpha value is -0.120. The molecule has 0 aromatic rings. The minimum Gasteiger partial charge on any atom is -0.327 e. The lowest BCUT2D eigenvalue weighted by Gasteiger charge is -2.39. The van der Waals surface area contributed by atoms with E-state index in [2.05, 4.69) is 30.6 Å². The van der Waals surface area contributed by atoms with Crippen LogP contribution >= 0.6 is 0 Å². The number of nitrogens with two attached hydrogens (primary N) is 1. The largest absolute Gasteiger partial charge is 0.327 e. The van der Waals surface area contributed by atoms with E-state index in [9.17, 15) is 0 Å². The number of hydrogen-bond acceptors (Lipinski definition) is 3. The van der Waals surface area contributed by atoms with Crippen LogP contribution in [0.15, 0.2) is 0 Å². The van der Waals surface area contributed by atoms with Gasteiger partial charge < -0.3 is 15.5 Å². The molecule has 0 radical (unpaired) electrons. The maximum absolute atomic E-state index is 6.09. The lowest BCUT2D eigenvalue weighted by molar-refractivity contribution is 0.104. The molecule has 2 N–H and O–H groups in total. The quantitative estimate of drug-likeness (QED) is 0.828. The van der Waals surface area contributed by atoms with Crippen molar-refractivity contribution in [2.24, 2.45) is 17.1 Å². The van der Waals surface area contributed by atoms with Crippen molar-refractivity contribution in [3.63, 3.8) is 0 Å². The predicted octanol–water partition coefficient (Wildman–Crippen LogP) is 2.17. The summed E-state index contributed by atoms with van der Waals surface area (Å²) in [6.07, 6.45) is 5.60. The molecule has 3 nitrogen and oxygen atoms in total. The van der Waals surface area contributed by atoms with E-state index in [-0.39, 0.29) is 11.5 Å². The van der Waals surface area contributed by atoms with Crippen LogP contribution in [-0.4, -0.2) is 55.1 Å². The lowest BCUT2D eigenvalue weighted by atomic mass is 9.84. The highest BCUT2D eigenvalue weighted by Gasteiger charge is 2.29. The third-order valence-corrected chi connectivity index (χ3v) is 5.29. The van der Waals surface area contributed by atoms with Crippen molar-refractivity contribution < 1.29 is 0 Å². The molecule has 2 saturated heterocycles. The molecule has 2 aliphatic heterocycles. The maximum atomic E-state index is 6.09. The SMILES string of the molecule is CC(N)C(C)(C)CN1CCC(CN2CCCC2)CC1. The van der Waals surface area contributed by atoms with Crippen molar-refractivity contribution in [1.29, 1.82) is 0 Å². The van der Waals surface area contributed by atoms with Crippen molar-refractivity contribution in [3.8, 4) is 0 Å². The Morgan fingerprint density at radius 2 is 1.63 bits per heavy atom. The summed E-state index contributed by atoms with van der Waals surface area (Å²) in [5.74, 6) is 0.938. The fourth-order valence-electron chi connectivity index (χ4n) is 3.38. The normalized spacial score (nSPS) is 25.9. The van der Waals surface area contributed by atoms with Gasteiger partial charge in [0.25, 0.3) is 0 Å². The molecule has 19 heavy (non-hydrogen) atoms. The molecule has 1 unspecified atom stereocenters. The molecule has 3 heteroatoms. The molecule has 2 aliphatic rings. The molecule has 0 aromatic carbocycles. The maximum Gasteiger partial charge on any atom is 0.00739 e. The summed E-state index contributed by atoms with van der Waals surface area (Å²) in [6.45, 7) is 14.5. The van der Waals surface area contributed by atoms with Crippen LogP contribution in [0.3, 0.4) is 0 Å². The van der Waals surface area contributed by atoms with E-state index in [1.807, 2.05) is 0 Å². The molecule has 112 valence electrons. The molecule has 2 fully saturated rings. The van der Waals surface area contributed by atoms with Gasteiger partial charge in [-0.1, -0.05) is 13.8 Å². The second-order valence-electron chi connectivity index (χ2n) is 7.50. The fraction of sp³-hybridized carbons (Fsp3) is 1.00. The second-order valence-corrected chi connectivity index (χ2v) is 7.50. The highest BCUT2D eigenvalue weighted by atomic mass is 15.2. The van der Waals surface area contributed by atoms with Gasteiger partial charge in [0, 0.05) is 19.1 Å². The Labute approximate surface area is 119 Å². The Morgan fingerprint density at radius 3 is 2.16 bits per heavy atom. The highest BCUT2D eigenvalue weighted by Crippen LogP contribution is 2.25. The molecule has 0 amide bonds. The molecular formula is C16H33N3. The summed E-state index contributed by atoms with van der Waals surface area (Å²) >= 11 is 0. The summed E-state index contributed by atoms with van der Waals surface area (Å²) in [7, 11) is 0. The molecule has 0 aliphatic carbocycles. The van der Waals surface area contributed by atoms with E-state index >= 15 is 0 Å². The third kappa shape index (κ3) is 4.44. The van der Waals surface area contributed by atoms with Gasteiger partial charge in [-0.05, 0) is 70.1 Å². The van der Waals surface area contributed by atoms with Crippen molar-refractivity contribution in [1.82, 2.24) is 9.80 Å². The smallest absolute Gasteiger partial charge is 0.00739 e. The van der Waals surface area contributed by atoms with Crippen LogP contribution in [0.5, 0.6) is 0 Å². The summed E-state index contributed by atoms with van der Waals surface area (Å²) in [5, 5.41) is 0. The summed E-state index contributed by atoms with van der Waals surface area (Å²) in [6, 6.07) is 0.273. The van der Waals surface area contributed by atoms with E-state index < -0.39 is 0 Å². The van der Waals surface area contributed by atoms with Crippen LogP contribution in [0.2, 0.25) is 0 Å². The molecule has 0 aromatic heterocycles. The molecule has 1 atom stereocenters. The number of likely N-dealkylation sites (tertiary alicyclic amines) is 2. The average Bonchev–Trinajstić information content (AvgIpc) is 2.84. The predicted molar refractivity (Wildman–Crippen MR) is 82.3 cm³/mol. The summed E-state index contributed by atoms with van der Waals surface area (Å²) < 4.78 is 0. The number of nitrogens with zero attached hydrogens (tertiary/aromatic N) is 2. The van der Waals surface area contributed by atoms with Gasteiger partial charge in [-0.3, -0.25) is 0 Å². The topological polar surface area (TPSA) is 32.5 Å². The van der Waals surface area contributed by atoms with Crippen LogP contribution in [0.25, 0.3) is 0 Å². The van der Waals surface area contributed by atoms with Crippen molar-refractivity contribution in [2.45, 2.75) is 52.5 Å². The molecule has 2 rings (SSSR count). The minimum atomic E-state index is 0.238. The van der Waals surface area contributed by atoms with Gasteiger partial charge in [0.1, 0.15) is 0 Å². The zero-order valence-electron chi connectivity index (χ0n) is 13.2. The first-order valence-electron chi connectivity index (χ1n) is 8.18. The number of piperidine rings is 1. The number of rotatable bonds is 5. The second kappa shape index (κ2) is 6.55. The van der Waals surface area contributed by atoms with Gasteiger partial charge in [0.05, 0.1) is 0 Å². The average molecular weight is 267 g/mol. The van der Waals surface area contributed by atoms with E-state index in [0.717, 1.165) is 12.5 Å². The summed E-state index contributed by atoms with van der Waals surface area (Å²) in [4.78, 5) is 5.30. The van der Waals surface area contributed by atoms with E-state index in [1.54, 1.807) is 0 Å². The lowest BCUT2D eigenvalue weighted by Crippen LogP contribution is -2.47. The Morgan fingerprint density at radius 1 is 1.05 bits per heavy atom. The van der Waals surface area contributed by atoms with Crippen LogP contribution in [0, 0.1) is 11.3 Å². The Balaban J connectivity index is 1.70. The Bertz CT molecular complexity index is 261.